The SMILES string of the molecule is CC(C)(C)C(N([O-])[N+](=O)C(C(C)(C)C)C(C)(C)C)C(C)(C)C. The predicted molar refractivity (Wildman–Crippen MR) is 94.2 cm³/mol. The van der Waals surface area contributed by atoms with Crippen LogP contribution in [0.25, 0.3) is 0 Å². The molecule has 0 unspecified atom stereocenters. The lowest BCUT2D eigenvalue weighted by molar-refractivity contribution is -0.753. The molecule has 0 aromatic heterocycles. The Morgan fingerprint density at radius 1 is 0.682 bits per heavy atom. The van der Waals surface area contributed by atoms with Crippen LogP contribution in [-0.2, 0) is 0 Å². The molecule has 0 N–H and O–H groups in total. The van der Waals surface area contributed by atoms with Crippen LogP contribution < -0.4 is 0 Å². The summed E-state index contributed by atoms with van der Waals surface area (Å²) >= 11 is 0. The maximum atomic E-state index is 13.0. The normalized spacial score (nSPS) is 14.7. The van der Waals surface area contributed by atoms with E-state index in [0.717, 1.165) is 0 Å². The van der Waals surface area contributed by atoms with E-state index in [1.807, 2.05) is 83.1 Å². The molecule has 132 valence electrons. The number of hydrazine groups is 1. The Bertz CT molecular complexity index is 361. The fraction of sp³-hybridized carbons (Fsp3) is 1.00. The van der Waals surface area contributed by atoms with Crippen LogP contribution in [0, 0.1) is 31.8 Å². The lowest BCUT2D eigenvalue weighted by Gasteiger charge is -2.48. The number of nitroso groups, excluding NO2 is 1. The molecule has 22 heavy (non-hydrogen) atoms. The molecule has 4 nitrogen and oxygen atoms in total. The fourth-order valence-electron chi connectivity index (χ4n) is 4.15. The van der Waals surface area contributed by atoms with E-state index in [1.54, 1.807) is 0 Å². The molecule has 0 fully saturated rings. The van der Waals surface area contributed by atoms with Gasteiger partial charge in [-0.05, 0) is 10.8 Å². The number of hydrogen-bond donors (Lipinski definition) is 0. The predicted octanol–water partition coefficient (Wildman–Crippen LogP) is 5.40. The summed E-state index contributed by atoms with van der Waals surface area (Å²) in [6, 6.07) is -0.797. The van der Waals surface area contributed by atoms with E-state index in [4.69, 9.17) is 0 Å². The van der Waals surface area contributed by atoms with E-state index < -0.39 is 12.1 Å². The molecule has 0 aromatic rings. The van der Waals surface area contributed by atoms with Gasteiger partial charge in [-0.25, -0.2) is 0 Å². The van der Waals surface area contributed by atoms with Gasteiger partial charge in [0.2, 0.25) is 6.04 Å². The molecule has 0 radical (unpaired) electrons. The third kappa shape index (κ3) is 5.22. The zero-order valence-corrected chi connectivity index (χ0v) is 16.9. The average Bonchev–Trinajstić information content (AvgIpc) is 2.06. The smallest absolute Gasteiger partial charge is 0.243 e. The van der Waals surface area contributed by atoms with E-state index in [2.05, 4.69) is 0 Å². The molecular weight excluding hydrogens is 276 g/mol. The molecule has 0 aliphatic rings. The van der Waals surface area contributed by atoms with Gasteiger partial charge >= 0.3 is 0 Å². The molecule has 0 saturated heterocycles. The van der Waals surface area contributed by atoms with Crippen molar-refractivity contribution in [2.75, 3.05) is 0 Å². The summed E-state index contributed by atoms with van der Waals surface area (Å²) in [7, 11) is 0. The fourth-order valence-corrected chi connectivity index (χ4v) is 4.15. The van der Waals surface area contributed by atoms with Gasteiger partial charge < -0.3 is 5.21 Å². The Kier molecular flexibility index (Phi) is 5.93. The van der Waals surface area contributed by atoms with Crippen molar-refractivity contribution < 1.29 is 4.87 Å². The van der Waals surface area contributed by atoms with Crippen molar-refractivity contribution in [3.05, 3.63) is 10.1 Å². The standard InChI is InChI=1S/C18H38N2O2/c1-15(2,3)13(16(4,5)6)19(21)20(22)14(17(7,8)9)18(10,11)12/h13-14H,1-12H3. The first-order valence-electron chi connectivity index (χ1n) is 8.24. The second kappa shape index (κ2) is 6.10. The number of hydroxylamine groups is 1. The summed E-state index contributed by atoms with van der Waals surface area (Å²) in [5.41, 5.74) is -1.15. The highest BCUT2D eigenvalue weighted by Gasteiger charge is 2.51. The summed E-state index contributed by atoms with van der Waals surface area (Å²) in [5.74, 6) is 0. The van der Waals surface area contributed by atoms with Gasteiger partial charge in [-0.15, -0.1) is 0 Å². The minimum absolute atomic E-state index is 0.289. The van der Waals surface area contributed by atoms with Crippen LogP contribution in [0.2, 0.25) is 0 Å². The quantitative estimate of drug-likeness (QED) is 0.517. The maximum Gasteiger partial charge on any atom is 0.243 e. The summed E-state index contributed by atoms with van der Waals surface area (Å²) in [4.78, 5) is 13.7. The van der Waals surface area contributed by atoms with Crippen molar-refractivity contribution in [1.82, 2.24) is 5.17 Å². The lowest BCUT2D eigenvalue weighted by atomic mass is 9.71. The van der Waals surface area contributed by atoms with Crippen LogP contribution in [0.3, 0.4) is 0 Å². The van der Waals surface area contributed by atoms with Crippen LogP contribution in [0.4, 0.5) is 0 Å². The summed E-state index contributed by atoms with van der Waals surface area (Å²) in [6.07, 6.45) is 0. The van der Waals surface area contributed by atoms with Crippen LogP contribution in [0.1, 0.15) is 83.1 Å². The Balaban J connectivity index is 5.84. The molecule has 0 atom stereocenters. The molecule has 0 aliphatic heterocycles. The number of rotatable bonds is 3. The highest BCUT2D eigenvalue weighted by Crippen LogP contribution is 2.41. The van der Waals surface area contributed by atoms with Crippen molar-refractivity contribution in [1.29, 1.82) is 0 Å². The van der Waals surface area contributed by atoms with Crippen LogP contribution in [-0.4, -0.2) is 22.1 Å². The van der Waals surface area contributed by atoms with Gasteiger partial charge in [0.05, 0.1) is 10.9 Å². The largest absolute Gasteiger partial charge is 0.704 e. The molecule has 0 heterocycles. The second-order valence-electron chi connectivity index (χ2n) is 10.9. The first-order chi connectivity index (χ1) is 9.31. The maximum absolute atomic E-state index is 13.0. The Hall–Kier alpha value is -0.640. The van der Waals surface area contributed by atoms with Crippen molar-refractivity contribution in [3.63, 3.8) is 0 Å². The Labute approximate surface area is 137 Å². The van der Waals surface area contributed by atoms with E-state index in [9.17, 15) is 10.1 Å². The zero-order chi connectivity index (χ0) is 18.3. The molecule has 0 spiro atoms. The number of nitrogens with zero attached hydrogens (tertiary/aromatic N) is 2. The minimum atomic E-state index is -0.398. The van der Waals surface area contributed by atoms with Gasteiger partial charge in [-0.2, -0.15) is 5.17 Å². The molecule has 0 aliphatic carbocycles. The molecular formula is C18H38N2O2. The van der Waals surface area contributed by atoms with Crippen LogP contribution in [0.5, 0.6) is 0 Å². The van der Waals surface area contributed by atoms with Gasteiger partial charge in [0.1, 0.15) is 4.87 Å². The zero-order valence-electron chi connectivity index (χ0n) is 16.9. The topological polar surface area (TPSA) is 46.4 Å². The van der Waals surface area contributed by atoms with E-state index in [1.165, 1.54) is 0 Å². The van der Waals surface area contributed by atoms with E-state index in [0.29, 0.717) is 10.0 Å². The molecule has 0 amide bonds. The van der Waals surface area contributed by atoms with E-state index in [-0.39, 0.29) is 21.7 Å². The van der Waals surface area contributed by atoms with Crippen molar-refractivity contribution in [3.8, 4) is 0 Å². The van der Waals surface area contributed by atoms with Crippen LogP contribution in [0.15, 0.2) is 0 Å². The Morgan fingerprint density at radius 2 is 0.955 bits per heavy atom. The van der Waals surface area contributed by atoms with Gasteiger partial charge in [-0.1, -0.05) is 83.1 Å². The highest BCUT2D eigenvalue weighted by molar-refractivity contribution is 4.91. The summed E-state index contributed by atoms with van der Waals surface area (Å²) < 4.78 is 0. The van der Waals surface area contributed by atoms with Crippen molar-refractivity contribution >= 4 is 0 Å². The first-order valence-corrected chi connectivity index (χ1v) is 8.24. The van der Waals surface area contributed by atoms with Crippen molar-refractivity contribution in [2.45, 2.75) is 95.2 Å². The number of hydrogen-bond acceptors (Lipinski definition) is 2. The highest BCUT2D eigenvalue weighted by atomic mass is 16.6. The molecule has 0 bridgehead atoms. The monoisotopic (exact) mass is 314 g/mol. The van der Waals surface area contributed by atoms with Crippen molar-refractivity contribution in [2.24, 2.45) is 21.7 Å². The van der Waals surface area contributed by atoms with E-state index >= 15 is 0 Å². The third-order valence-corrected chi connectivity index (χ3v) is 3.92. The molecule has 0 saturated carbocycles. The minimum Gasteiger partial charge on any atom is -0.704 e. The lowest BCUT2D eigenvalue weighted by Crippen LogP contribution is -2.58. The second-order valence-corrected chi connectivity index (χ2v) is 10.9. The molecule has 4 heteroatoms. The van der Waals surface area contributed by atoms with Crippen LogP contribution >= 0.6 is 0 Å². The third-order valence-electron chi connectivity index (χ3n) is 3.92. The molecule has 0 rings (SSSR count). The van der Waals surface area contributed by atoms with Gasteiger partial charge in [0.15, 0.2) is 0 Å². The first kappa shape index (κ1) is 21.4. The Morgan fingerprint density at radius 3 is 1.14 bits per heavy atom. The summed E-state index contributed by atoms with van der Waals surface area (Å²) in [6.45, 7) is 24.2. The molecule has 0 aromatic carbocycles. The van der Waals surface area contributed by atoms with Gasteiger partial charge in [0.25, 0.3) is 0 Å². The average molecular weight is 315 g/mol. The summed E-state index contributed by atoms with van der Waals surface area (Å²) in [5, 5.41) is 13.7. The van der Waals surface area contributed by atoms with Gasteiger partial charge in [0, 0.05) is 10.8 Å². The van der Waals surface area contributed by atoms with Gasteiger partial charge in [-0.3, -0.25) is 0 Å².